The highest BCUT2D eigenvalue weighted by molar-refractivity contribution is 6.05. The van der Waals surface area contributed by atoms with Crippen molar-refractivity contribution in [3.63, 3.8) is 0 Å². The van der Waals surface area contributed by atoms with Crippen LogP contribution < -0.4 is 0 Å². The number of esters is 4. The van der Waals surface area contributed by atoms with Crippen LogP contribution in [0.5, 0.6) is 0 Å². The Morgan fingerprint density at radius 1 is 0.811 bits per heavy atom. The number of ketones is 1. The van der Waals surface area contributed by atoms with Gasteiger partial charge < -0.3 is 18.9 Å². The molecule has 4 saturated carbocycles. The zero-order valence-electron chi connectivity index (χ0n) is 22.8. The van der Waals surface area contributed by atoms with E-state index >= 15 is 0 Å². The Kier molecular flexibility index (Phi) is 6.61. The van der Waals surface area contributed by atoms with Gasteiger partial charge in [-0.25, -0.2) is 0 Å². The van der Waals surface area contributed by atoms with E-state index in [2.05, 4.69) is 20.4 Å². The number of ether oxygens (including phenoxy) is 4. The number of rotatable bonds is 4. The highest BCUT2D eigenvalue weighted by Gasteiger charge is 2.80. The molecule has 9 nitrogen and oxygen atoms in total. The van der Waals surface area contributed by atoms with Crippen molar-refractivity contribution in [2.75, 3.05) is 0 Å². The molecule has 0 aromatic carbocycles. The molecule has 4 aliphatic rings. The number of hydrogen-bond acceptors (Lipinski definition) is 9. The van der Waals surface area contributed by atoms with Crippen molar-refractivity contribution in [3.05, 3.63) is 12.2 Å². The number of hydrogen-bond donors (Lipinski definition) is 0. The van der Waals surface area contributed by atoms with E-state index in [4.69, 9.17) is 18.9 Å². The molecule has 0 unspecified atom stereocenters. The predicted molar refractivity (Wildman–Crippen MR) is 130 cm³/mol. The van der Waals surface area contributed by atoms with Crippen LogP contribution in [0.15, 0.2) is 12.2 Å². The summed E-state index contributed by atoms with van der Waals surface area (Å²) in [5.74, 6) is -3.98. The molecule has 37 heavy (non-hydrogen) atoms. The molecule has 4 aliphatic carbocycles. The highest BCUT2D eigenvalue weighted by Crippen LogP contribution is 2.72. The van der Waals surface area contributed by atoms with Gasteiger partial charge in [-0.15, -0.1) is 0 Å². The minimum Gasteiger partial charge on any atom is -0.462 e. The molecule has 2 bridgehead atoms. The smallest absolute Gasteiger partial charge is 0.302 e. The van der Waals surface area contributed by atoms with Crippen LogP contribution in [0, 0.1) is 34.0 Å². The van der Waals surface area contributed by atoms with E-state index in [1.165, 1.54) is 27.7 Å². The van der Waals surface area contributed by atoms with Crippen LogP contribution >= 0.6 is 0 Å². The third-order valence-electron chi connectivity index (χ3n) is 9.66. The normalized spacial score (nSPS) is 41.6. The van der Waals surface area contributed by atoms with E-state index in [1.54, 1.807) is 0 Å². The van der Waals surface area contributed by atoms with Crippen LogP contribution in [0.1, 0.15) is 74.1 Å². The van der Waals surface area contributed by atoms with Gasteiger partial charge in [-0.05, 0) is 42.6 Å². The van der Waals surface area contributed by atoms with Crippen LogP contribution in [0.25, 0.3) is 0 Å². The maximum absolute atomic E-state index is 14.3. The number of fused-ring (bicyclic) bond motifs is 3. The van der Waals surface area contributed by atoms with Gasteiger partial charge in [0, 0.05) is 44.9 Å². The zero-order valence-corrected chi connectivity index (χ0v) is 22.8. The van der Waals surface area contributed by atoms with Crippen LogP contribution in [0.2, 0.25) is 0 Å². The lowest BCUT2D eigenvalue weighted by Crippen LogP contribution is -2.74. The van der Waals surface area contributed by atoms with Crippen LogP contribution in [0.3, 0.4) is 0 Å². The first-order valence-corrected chi connectivity index (χ1v) is 13.0. The molecule has 0 N–H and O–H groups in total. The van der Waals surface area contributed by atoms with E-state index in [0.717, 1.165) is 6.42 Å². The van der Waals surface area contributed by atoms with E-state index in [9.17, 15) is 24.0 Å². The van der Waals surface area contributed by atoms with Crippen molar-refractivity contribution in [2.45, 2.75) is 98.6 Å². The van der Waals surface area contributed by atoms with E-state index in [-0.39, 0.29) is 29.1 Å². The second-order valence-electron chi connectivity index (χ2n) is 12.2. The van der Waals surface area contributed by atoms with Crippen molar-refractivity contribution in [3.8, 4) is 0 Å². The van der Waals surface area contributed by atoms with Crippen molar-refractivity contribution in [1.29, 1.82) is 0 Å². The maximum Gasteiger partial charge on any atom is 0.302 e. The molecule has 9 heteroatoms. The molecule has 204 valence electrons. The lowest BCUT2D eigenvalue weighted by Gasteiger charge is -2.67. The number of carbonyl (C=O) groups excluding carboxylic acids is 5. The molecule has 0 saturated heterocycles. The maximum atomic E-state index is 14.3. The summed E-state index contributed by atoms with van der Waals surface area (Å²) in [4.78, 5) is 63.8. The van der Waals surface area contributed by atoms with Gasteiger partial charge in [-0.1, -0.05) is 27.4 Å². The van der Waals surface area contributed by atoms with Gasteiger partial charge in [-0.3, -0.25) is 24.0 Å². The third-order valence-corrected chi connectivity index (χ3v) is 9.66. The third kappa shape index (κ3) is 3.91. The summed E-state index contributed by atoms with van der Waals surface area (Å²) in [6.45, 7) is 15.5. The lowest BCUT2D eigenvalue weighted by atomic mass is 9.38. The molecule has 4 fully saturated rings. The van der Waals surface area contributed by atoms with Crippen LogP contribution in [-0.4, -0.2) is 54.1 Å². The predicted octanol–water partition coefficient (Wildman–Crippen LogP) is 3.32. The standard InChI is InChI=1S/C28H38O9/c1-13-18-11-19(34-14(2)29)23-27(8)20(26(6,7)10-9-21(27)35-15(3)30)12-22(36-16(4)31)28(23,24(13)33)25(18)37-17(5)32/h18-23,25H,1,9-12H2,2-8H3/t18-,19-,20-,21+,22+,23-,25+,27-,28-/m0/s1. The van der Waals surface area contributed by atoms with Crippen LogP contribution in [0.4, 0.5) is 0 Å². The Hall–Kier alpha value is -2.71. The molecule has 0 aromatic heterocycles. The molecule has 1 spiro atoms. The molecular formula is C28H38O9. The molecule has 0 amide bonds. The minimum atomic E-state index is -1.53. The second kappa shape index (κ2) is 8.95. The summed E-state index contributed by atoms with van der Waals surface area (Å²) in [5.41, 5.74) is -2.41. The Morgan fingerprint density at radius 3 is 1.89 bits per heavy atom. The summed E-state index contributed by atoms with van der Waals surface area (Å²) in [5, 5.41) is 0. The fourth-order valence-electron chi connectivity index (χ4n) is 8.69. The Balaban J connectivity index is 2.05. The number of Topliss-reactive ketones (excluding diaryl/α,β-unsaturated/α-hetero) is 1. The van der Waals surface area contributed by atoms with Gasteiger partial charge in [0.1, 0.15) is 29.8 Å². The van der Waals surface area contributed by atoms with Gasteiger partial charge in [0.25, 0.3) is 0 Å². The van der Waals surface area contributed by atoms with E-state index < -0.39 is 71.0 Å². The first-order valence-electron chi connectivity index (χ1n) is 13.0. The summed E-state index contributed by atoms with van der Waals surface area (Å²) in [6.07, 6.45) is -1.44. The van der Waals surface area contributed by atoms with Crippen molar-refractivity contribution < 1.29 is 42.9 Å². The van der Waals surface area contributed by atoms with Gasteiger partial charge >= 0.3 is 23.9 Å². The average molecular weight is 519 g/mol. The quantitative estimate of drug-likeness (QED) is 0.313. The summed E-state index contributed by atoms with van der Waals surface area (Å²) >= 11 is 0. The Morgan fingerprint density at radius 2 is 1.35 bits per heavy atom. The summed E-state index contributed by atoms with van der Waals surface area (Å²) < 4.78 is 23.7. The Labute approximate surface area is 217 Å². The lowest BCUT2D eigenvalue weighted by molar-refractivity contribution is -0.283. The zero-order chi connectivity index (χ0) is 27.7. The minimum absolute atomic E-state index is 0.174. The Bertz CT molecular complexity index is 1060. The molecule has 0 heterocycles. The van der Waals surface area contributed by atoms with Gasteiger partial charge in [0.2, 0.25) is 0 Å². The van der Waals surface area contributed by atoms with E-state index in [1.807, 2.05) is 6.92 Å². The fraction of sp³-hybridized carbons (Fsp3) is 0.750. The molecule has 9 atom stereocenters. The van der Waals surface area contributed by atoms with Crippen molar-refractivity contribution in [2.24, 2.45) is 34.0 Å². The van der Waals surface area contributed by atoms with Crippen molar-refractivity contribution >= 4 is 29.7 Å². The monoisotopic (exact) mass is 518 g/mol. The molecule has 0 aromatic rings. The first-order chi connectivity index (χ1) is 17.1. The van der Waals surface area contributed by atoms with Gasteiger partial charge in [0.05, 0.1) is 0 Å². The molecule has 0 aliphatic heterocycles. The van der Waals surface area contributed by atoms with Gasteiger partial charge in [-0.2, -0.15) is 0 Å². The summed E-state index contributed by atoms with van der Waals surface area (Å²) in [7, 11) is 0. The molecule has 4 rings (SSSR count). The first kappa shape index (κ1) is 27.3. The van der Waals surface area contributed by atoms with Crippen LogP contribution in [-0.2, 0) is 42.9 Å². The largest absolute Gasteiger partial charge is 0.462 e. The van der Waals surface area contributed by atoms with Crippen molar-refractivity contribution in [1.82, 2.24) is 0 Å². The highest BCUT2D eigenvalue weighted by atomic mass is 16.6. The number of carbonyl (C=O) groups is 5. The van der Waals surface area contributed by atoms with E-state index in [0.29, 0.717) is 12.8 Å². The van der Waals surface area contributed by atoms with Gasteiger partial charge in [0.15, 0.2) is 5.78 Å². The SMILES string of the molecule is C=C1C(=O)[C@@]23[C@H](OC(C)=O)[C@H]1C[C@H](OC(C)=O)[C@H]2[C@]1(C)[C@H](OC(C)=O)CCC(C)(C)[C@@H]1C[C@H]3OC(C)=O. The summed E-state index contributed by atoms with van der Waals surface area (Å²) in [6, 6.07) is 0. The second-order valence-corrected chi connectivity index (χ2v) is 12.2. The average Bonchev–Trinajstić information content (AvgIpc) is 2.87. The molecular weight excluding hydrogens is 480 g/mol. The topological polar surface area (TPSA) is 122 Å². The fourth-order valence-corrected chi connectivity index (χ4v) is 8.69. The molecule has 0 radical (unpaired) electrons.